The summed E-state index contributed by atoms with van der Waals surface area (Å²) in [6.45, 7) is 5.76. The molecule has 2 heterocycles. The van der Waals surface area contributed by atoms with Gasteiger partial charge in [0.25, 0.3) is 0 Å². The molecule has 1 nitrogen and oxygen atoms in total. The highest BCUT2D eigenvalue weighted by molar-refractivity contribution is 5.29. The Labute approximate surface area is 80.8 Å². The van der Waals surface area contributed by atoms with Gasteiger partial charge >= 0.3 is 0 Å². The lowest BCUT2D eigenvalue weighted by Gasteiger charge is -2.00. The van der Waals surface area contributed by atoms with Crippen molar-refractivity contribution in [3.63, 3.8) is 0 Å². The Balaban J connectivity index is 2.21. The number of aromatic nitrogens is 1. The molecule has 1 aliphatic rings. The molecule has 0 fully saturated rings. The molecule has 0 saturated heterocycles. The molecule has 0 spiro atoms. The number of hydrogen-bond acceptors (Lipinski definition) is 0. The third kappa shape index (κ3) is 1.52. The van der Waals surface area contributed by atoms with Crippen molar-refractivity contribution < 1.29 is 0 Å². The number of rotatable bonds is 3. The first-order chi connectivity index (χ1) is 6.33. The molecular weight excluding hydrogens is 158 g/mol. The molecule has 0 amide bonds. The Bertz CT molecular complexity index is 296. The molecule has 72 valence electrons. The zero-order valence-corrected chi connectivity index (χ0v) is 8.77. The van der Waals surface area contributed by atoms with Gasteiger partial charge in [0.05, 0.1) is 0 Å². The van der Waals surface area contributed by atoms with Crippen LogP contribution in [0, 0.1) is 6.92 Å². The molecular formula is C12H19N. The second kappa shape index (κ2) is 3.57. The molecule has 0 radical (unpaired) electrons. The van der Waals surface area contributed by atoms with Crippen LogP contribution in [-0.4, -0.2) is 4.57 Å². The normalized spacial score (nSPS) is 14.9. The Morgan fingerprint density at radius 1 is 1.46 bits per heavy atom. The summed E-state index contributed by atoms with van der Waals surface area (Å²) in [7, 11) is 0. The van der Waals surface area contributed by atoms with E-state index in [0.29, 0.717) is 0 Å². The number of hydrogen-bond donors (Lipinski definition) is 0. The van der Waals surface area contributed by atoms with Crippen LogP contribution in [0.2, 0.25) is 0 Å². The van der Waals surface area contributed by atoms with E-state index in [1.807, 2.05) is 0 Å². The van der Waals surface area contributed by atoms with Crippen molar-refractivity contribution >= 4 is 0 Å². The fourth-order valence-corrected chi connectivity index (χ4v) is 2.39. The molecule has 0 unspecified atom stereocenters. The SMILES string of the molecule is CCCCc1cc(C)n2c1CCC2. The molecule has 1 heteroatoms. The first-order valence-electron chi connectivity index (χ1n) is 5.51. The number of aryl methyl sites for hydroxylation is 2. The lowest BCUT2D eigenvalue weighted by molar-refractivity contribution is 0.729. The summed E-state index contributed by atoms with van der Waals surface area (Å²) in [5.74, 6) is 0. The van der Waals surface area contributed by atoms with E-state index in [2.05, 4.69) is 24.5 Å². The highest BCUT2D eigenvalue weighted by Crippen LogP contribution is 2.24. The van der Waals surface area contributed by atoms with Crippen LogP contribution in [0.4, 0.5) is 0 Å². The average molecular weight is 177 g/mol. The van der Waals surface area contributed by atoms with Crippen LogP contribution in [-0.2, 0) is 19.4 Å². The maximum absolute atomic E-state index is 2.50. The molecule has 0 aromatic carbocycles. The van der Waals surface area contributed by atoms with Crippen molar-refractivity contribution in [1.82, 2.24) is 4.57 Å². The van der Waals surface area contributed by atoms with Crippen molar-refractivity contribution in [2.24, 2.45) is 0 Å². The van der Waals surface area contributed by atoms with Crippen LogP contribution in [0.1, 0.15) is 43.1 Å². The molecule has 0 saturated carbocycles. The predicted molar refractivity (Wildman–Crippen MR) is 56.1 cm³/mol. The molecule has 1 aromatic heterocycles. The maximum atomic E-state index is 2.50. The summed E-state index contributed by atoms with van der Waals surface area (Å²) < 4.78 is 2.50. The Morgan fingerprint density at radius 2 is 2.31 bits per heavy atom. The molecule has 0 aliphatic carbocycles. The first kappa shape index (κ1) is 8.86. The number of fused-ring (bicyclic) bond motifs is 1. The largest absolute Gasteiger partial charge is 0.349 e. The summed E-state index contributed by atoms with van der Waals surface area (Å²) in [6.07, 6.45) is 6.61. The highest BCUT2D eigenvalue weighted by atomic mass is 15.0. The molecule has 1 aliphatic heterocycles. The van der Waals surface area contributed by atoms with E-state index in [-0.39, 0.29) is 0 Å². The maximum Gasteiger partial charge on any atom is 0.0228 e. The van der Waals surface area contributed by atoms with Gasteiger partial charge in [-0.25, -0.2) is 0 Å². The first-order valence-corrected chi connectivity index (χ1v) is 5.51. The van der Waals surface area contributed by atoms with Gasteiger partial charge in [-0.05, 0) is 44.2 Å². The molecule has 0 atom stereocenters. The smallest absolute Gasteiger partial charge is 0.0228 e. The Kier molecular flexibility index (Phi) is 2.43. The average Bonchev–Trinajstić information content (AvgIpc) is 2.67. The fraction of sp³-hybridized carbons (Fsp3) is 0.667. The zero-order valence-electron chi connectivity index (χ0n) is 8.77. The van der Waals surface area contributed by atoms with E-state index in [4.69, 9.17) is 0 Å². The van der Waals surface area contributed by atoms with Crippen molar-refractivity contribution in [2.45, 2.75) is 52.5 Å². The van der Waals surface area contributed by atoms with Gasteiger partial charge in [-0.3, -0.25) is 0 Å². The molecule has 0 bridgehead atoms. The van der Waals surface area contributed by atoms with Crippen LogP contribution in [0.5, 0.6) is 0 Å². The van der Waals surface area contributed by atoms with E-state index in [0.717, 1.165) is 0 Å². The summed E-state index contributed by atoms with van der Waals surface area (Å²) in [5.41, 5.74) is 4.72. The summed E-state index contributed by atoms with van der Waals surface area (Å²) in [4.78, 5) is 0. The van der Waals surface area contributed by atoms with Gasteiger partial charge in [0, 0.05) is 17.9 Å². The fourth-order valence-electron chi connectivity index (χ4n) is 2.39. The van der Waals surface area contributed by atoms with Crippen LogP contribution in [0.15, 0.2) is 6.07 Å². The minimum Gasteiger partial charge on any atom is -0.349 e. The van der Waals surface area contributed by atoms with Crippen LogP contribution in [0.3, 0.4) is 0 Å². The van der Waals surface area contributed by atoms with Crippen LogP contribution in [0.25, 0.3) is 0 Å². The van der Waals surface area contributed by atoms with Crippen LogP contribution >= 0.6 is 0 Å². The molecule has 0 N–H and O–H groups in total. The van der Waals surface area contributed by atoms with Crippen LogP contribution < -0.4 is 0 Å². The predicted octanol–water partition coefficient (Wildman–Crippen LogP) is 3.09. The monoisotopic (exact) mass is 177 g/mol. The van der Waals surface area contributed by atoms with Gasteiger partial charge in [0.15, 0.2) is 0 Å². The zero-order chi connectivity index (χ0) is 9.26. The third-order valence-corrected chi connectivity index (χ3v) is 3.10. The summed E-state index contributed by atoms with van der Waals surface area (Å²) >= 11 is 0. The second-order valence-corrected chi connectivity index (χ2v) is 4.12. The topological polar surface area (TPSA) is 4.93 Å². The quantitative estimate of drug-likeness (QED) is 0.668. The second-order valence-electron chi connectivity index (χ2n) is 4.12. The summed E-state index contributed by atoms with van der Waals surface area (Å²) in [6, 6.07) is 2.39. The van der Waals surface area contributed by atoms with E-state index >= 15 is 0 Å². The third-order valence-electron chi connectivity index (χ3n) is 3.10. The Morgan fingerprint density at radius 3 is 3.08 bits per heavy atom. The van der Waals surface area contributed by atoms with Gasteiger partial charge in [-0.1, -0.05) is 13.3 Å². The standard InChI is InChI=1S/C12H19N/c1-3-4-6-11-9-10(2)13-8-5-7-12(11)13/h9H,3-8H2,1-2H3. The van der Waals surface area contributed by atoms with Crippen molar-refractivity contribution in [2.75, 3.05) is 0 Å². The van der Waals surface area contributed by atoms with Crippen molar-refractivity contribution in [3.05, 3.63) is 23.0 Å². The van der Waals surface area contributed by atoms with Crippen molar-refractivity contribution in [3.8, 4) is 0 Å². The highest BCUT2D eigenvalue weighted by Gasteiger charge is 2.16. The van der Waals surface area contributed by atoms with Gasteiger partial charge in [-0.2, -0.15) is 0 Å². The van der Waals surface area contributed by atoms with E-state index < -0.39 is 0 Å². The Hall–Kier alpha value is -0.720. The molecule has 13 heavy (non-hydrogen) atoms. The van der Waals surface area contributed by atoms with Gasteiger partial charge in [0.2, 0.25) is 0 Å². The van der Waals surface area contributed by atoms with E-state index in [9.17, 15) is 0 Å². The molecule has 2 rings (SSSR count). The molecule has 1 aromatic rings. The minimum absolute atomic E-state index is 1.26. The van der Waals surface area contributed by atoms with Crippen molar-refractivity contribution in [1.29, 1.82) is 0 Å². The minimum atomic E-state index is 1.26. The van der Waals surface area contributed by atoms with E-state index in [1.54, 1.807) is 11.3 Å². The van der Waals surface area contributed by atoms with E-state index in [1.165, 1.54) is 44.3 Å². The summed E-state index contributed by atoms with van der Waals surface area (Å²) in [5, 5.41) is 0. The lowest BCUT2D eigenvalue weighted by atomic mass is 10.1. The van der Waals surface area contributed by atoms with Gasteiger partial charge in [-0.15, -0.1) is 0 Å². The lowest BCUT2D eigenvalue weighted by Crippen LogP contribution is -1.94. The van der Waals surface area contributed by atoms with Gasteiger partial charge < -0.3 is 4.57 Å². The van der Waals surface area contributed by atoms with Gasteiger partial charge in [0.1, 0.15) is 0 Å². The number of nitrogens with zero attached hydrogens (tertiary/aromatic N) is 1. The number of unbranched alkanes of at least 4 members (excludes halogenated alkanes) is 1.